The third kappa shape index (κ3) is 44.6. The SMILES string of the molecule is CC/C=C\C/C=C\C/C=C\CCCCCCCC(=O)O[C@@H](COC(=O)CCCCCCCCCCCCC)COC(=O)CCCCCCCCCCCCCCC. The summed E-state index contributed by atoms with van der Waals surface area (Å²) in [5, 5.41) is 0. The van der Waals surface area contributed by atoms with E-state index in [1.807, 2.05) is 0 Å². The normalized spacial score (nSPS) is 12.3. The van der Waals surface area contributed by atoms with Gasteiger partial charge in [0, 0.05) is 19.3 Å². The Kier molecular flexibility index (Phi) is 44.4. The van der Waals surface area contributed by atoms with Crippen molar-refractivity contribution in [2.24, 2.45) is 0 Å². The van der Waals surface area contributed by atoms with Gasteiger partial charge in [0.25, 0.3) is 0 Å². The second kappa shape index (κ2) is 46.3. The summed E-state index contributed by atoms with van der Waals surface area (Å²) < 4.78 is 16.7. The number of rotatable bonds is 44. The Bertz CT molecular complexity index is 969. The molecule has 0 amide bonds. The van der Waals surface area contributed by atoms with Crippen LogP contribution < -0.4 is 0 Å². The Morgan fingerprint density at radius 2 is 0.684 bits per heavy atom. The van der Waals surface area contributed by atoms with Crippen LogP contribution in [0.4, 0.5) is 0 Å². The van der Waals surface area contributed by atoms with E-state index in [9.17, 15) is 14.4 Å². The van der Waals surface area contributed by atoms with Gasteiger partial charge in [0.05, 0.1) is 0 Å². The third-order valence-corrected chi connectivity index (χ3v) is 10.7. The van der Waals surface area contributed by atoms with Gasteiger partial charge in [0.15, 0.2) is 6.10 Å². The van der Waals surface area contributed by atoms with Crippen LogP contribution in [0.3, 0.4) is 0 Å². The molecule has 0 saturated carbocycles. The van der Waals surface area contributed by atoms with Crippen LogP contribution in [0.15, 0.2) is 36.5 Å². The monoisotopic (exact) mass is 801 g/mol. The van der Waals surface area contributed by atoms with Gasteiger partial charge < -0.3 is 14.2 Å². The Morgan fingerprint density at radius 1 is 0.368 bits per heavy atom. The van der Waals surface area contributed by atoms with E-state index in [0.29, 0.717) is 19.3 Å². The highest BCUT2D eigenvalue weighted by molar-refractivity contribution is 5.71. The Hall–Kier alpha value is -2.37. The molecule has 0 N–H and O–H groups in total. The maximum atomic E-state index is 12.7. The van der Waals surface area contributed by atoms with Crippen molar-refractivity contribution in [3.05, 3.63) is 36.5 Å². The molecule has 0 saturated heterocycles. The standard InChI is InChI=1S/C51H92O6/c1-4-7-10-13-16-19-22-24-25-27-30-33-36-39-42-45-51(54)57-48(46-55-49(52)43-40-37-34-31-28-21-18-15-12-9-6-3)47-56-50(53)44-41-38-35-32-29-26-23-20-17-14-11-8-5-2/h7,10,16,19,24-25,48H,4-6,8-9,11-15,17-18,20-23,26-47H2,1-3H3/b10-7-,19-16-,25-24-/t48-/m0/s1. The zero-order chi connectivity index (χ0) is 41.5. The summed E-state index contributed by atoms with van der Waals surface area (Å²) in [5.41, 5.74) is 0. The molecule has 0 fully saturated rings. The van der Waals surface area contributed by atoms with E-state index < -0.39 is 6.10 Å². The largest absolute Gasteiger partial charge is 0.462 e. The van der Waals surface area contributed by atoms with Gasteiger partial charge in [-0.25, -0.2) is 0 Å². The van der Waals surface area contributed by atoms with Crippen LogP contribution in [-0.4, -0.2) is 37.2 Å². The molecule has 6 heteroatoms. The summed E-state index contributed by atoms with van der Waals surface area (Å²) in [6, 6.07) is 0. The number of ether oxygens (including phenoxy) is 3. The lowest BCUT2D eigenvalue weighted by atomic mass is 10.0. The second-order valence-corrected chi connectivity index (χ2v) is 16.4. The van der Waals surface area contributed by atoms with Gasteiger partial charge in [-0.05, 0) is 51.4 Å². The summed E-state index contributed by atoms with van der Waals surface area (Å²) in [5.74, 6) is -0.885. The minimum absolute atomic E-state index is 0.0754. The molecule has 332 valence electrons. The molecule has 0 aromatic rings. The fourth-order valence-electron chi connectivity index (χ4n) is 6.99. The van der Waals surface area contributed by atoms with Crippen LogP contribution in [0.25, 0.3) is 0 Å². The maximum absolute atomic E-state index is 12.7. The van der Waals surface area contributed by atoms with Crippen molar-refractivity contribution < 1.29 is 28.6 Å². The molecule has 0 aliphatic carbocycles. The molecule has 0 rings (SSSR count). The molecule has 0 aromatic heterocycles. The van der Waals surface area contributed by atoms with E-state index in [0.717, 1.165) is 96.3 Å². The van der Waals surface area contributed by atoms with Crippen molar-refractivity contribution in [3.63, 3.8) is 0 Å². The minimum atomic E-state index is -0.774. The average molecular weight is 801 g/mol. The Morgan fingerprint density at radius 3 is 1.07 bits per heavy atom. The molecule has 0 aromatic carbocycles. The van der Waals surface area contributed by atoms with Crippen molar-refractivity contribution in [2.75, 3.05) is 13.2 Å². The first-order valence-electron chi connectivity index (χ1n) is 24.5. The number of carbonyl (C=O) groups is 3. The van der Waals surface area contributed by atoms with E-state index in [4.69, 9.17) is 14.2 Å². The van der Waals surface area contributed by atoms with Crippen LogP contribution in [0.1, 0.15) is 252 Å². The Balaban J connectivity index is 4.38. The summed E-state index contributed by atoms with van der Waals surface area (Å²) >= 11 is 0. The summed E-state index contributed by atoms with van der Waals surface area (Å²) in [6.45, 7) is 6.51. The zero-order valence-corrected chi connectivity index (χ0v) is 37.9. The van der Waals surface area contributed by atoms with E-state index in [1.54, 1.807) is 0 Å². The molecule has 0 bridgehead atoms. The summed E-state index contributed by atoms with van der Waals surface area (Å²) in [7, 11) is 0. The van der Waals surface area contributed by atoms with Crippen LogP contribution in [-0.2, 0) is 28.6 Å². The molecule has 0 heterocycles. The van der Waals surface area contributed by atoms with E-state index >= 15 is 0 Å². The number of hydrogen-bond donors (Lipinski definition) is 0. The van der Waals surface area contributed by atoms with E-state index in [-0.39, 0.29) is 31.1 Å². The van der Waals surface area contributed by atoms with Gasteiger partial charge in [-0.3, -0.25) is 14.4 Å². The number of carbonyl (C=O) groups excluding carboxylic acids is 3. The molecule has 0 unspecified atom stereocenters. The first-order valence-corrected chi connectivity index (χ1v) is 24.5. The molecule has 57 heavy (non-hydrogen) atoms. The fourth-order valence-corrected chi connectivity index (χ4v) is 6.99. The van der Waals surface area contributed by atoms with Crippen molar-refractivity contribution in [2.45, 2.75) is 258 Å². The molecule has 1 atom stereocenters. The molecule has 0 aliphatic rings. The lowest BCUT2D eigenvalue weighted by Crippen LogP contribution is -2.30. The minimum Gasteiger partial charge on any atom is -0.462 e. The first-order chi connectivity index (χ1) is 28.0. The van der Waals surface area contributed by atoms with Gasteiger partial charge in [-0.2, -0.15) is 0 Å². The van der Waals surface area contributed by atoms with Gasteiger partial charge in [-0.15, -0.1) is 0 Å². The average Bonchev–Trinajstić information content (AvgIpc) is 3.21. The molecular weight excluding hydrogens is 709 g/mol. The van der Waals surface area contributed by atoms with Crippen molar-refractivity contribution in [3.8, 4) is 0 Å². The zero-order valence-electron chi connectivity index (χ0n) is 37.9. The topological polar surface area (TPSA) is 78.9 Å². The number of allylic oxidation sites excluding steroid dienone is 6. The maximum Gasteiger partial charge on any atom is 0.306 e. The van der Waals surface area contributed by atoms with Crippen LogP contribution in [0.2, 0.25) is 0 Å². The number of unbranched alkanes of at least 4 members (excludes halogenated alkanes) is 27. The third-order valence-electron chi connectivity index (χ3n) is 10.7. The smallest absolute Gasteiger partial charge is 0.306 e. The van der Waals surface area contributed by atoms with Gasteiger partial charge >= 0.3 is 17.9 Å². The molecule has 0 radical (unpaired) electrons. The predicted octanol–water partition coefficient (Wildman–Crippen LogP) is 15.8. The summed E-state index contributed by atoms with van der Waals surface area (Å²) in [4.78, 5) is 37.8. The van der Waals surface area contributed by atoms with Crippen LogP contribution in [0, 0.1) is 0 Å². The first kappa shape index (κ1) is 54.6. The molecule has 0 spiro atoms. The van der Waals surface area contributed by atoms with Crippen molar-refractivity contribution in [1.29, 1.82) is 0 Å². The highest BCUT2D eigenvalue weighted by atomic mass is 16.6. The van der Waals surface area contributed by atoms with Crippen molar-refractivity contribution >= 4 is 17.9 Å². The highest BCUT2D eigenvalue weighted by Crippen LogP contribution is 2.15. The lowest BCUT2D eigenvalue weighted by molar-refractivity contribution is -0.167. The predicted molar refractivity (Wildman–Crippen MR) is 242 cm³/mol. The lowest BCUT2D eigenvalue weighted by Gasteiger charge is -2.18. The second-order valence-electron chi connectivity index (χ2n) is 16.4. The number of esters is 3. The molecule has 6 nitrogen and oxygen atoms in total. The van der Waals surface area contributed by atoms with E-state index in [1.165, 1.54) is 116 Å². The quantitative estimate of drug-likeness (QED) is 0.0264. The molecular formula is C51H92O6. The Labute approximate surface area is 353 Å². The van der Waals surface area contributed by atoms with E-state index in [2.05, 4.69) is 57.2 Å². The summed E-state index contributed by atoms with van der Waals surface area (Å²) in [6.07, 6.45) is 52.6. The van der Waals surface area contributed by atoms with Gasteiger partial charge in [-0.1, -0.05) is 218 Å². The van der Waals surface area contributed by atoms with Crippen molar-refractivity contribution in [1.82, 2.24) is 0 Å². The number of hydrogen-bond acceptors (Lipinski definition) is 6. The fraction of sp³-hybridized carbons (Fsp3) is 0.824. The highest BCUT2D eigenvalue weighted by Gasteiger charge is 2.19. The van der Waals surface area contributed by atoms with Crippen LogP contribution in [0.5, 0.6) is 0 Å². The van der Waals surface area contributed by atoms with Gasteiger partial charge in [0.1, 0.15) is 13.2 Å². The van der Waals surface area contributed by atoms with Gasteiger partial charge in [0.2, 0.25) is 0 Å². The van der Waals surface area contributed by atoms with Crippen LogP contribution >= 0.6 is 0 Å². The molecule has 0 aliphatic heterocycles.